The largest absolute Gasteiger partial charge is 0.383 e. The van der Waals surface area contributed by atoms with Crippen molar-refractivity contribution < 1.29 is 4.74 Å². The zero-order chi connectivity index (χ0) is 25.5. The molecule has 2 N–H and O–H groups in total. The lowest BCUT2D eigenvalue weighted by Gasteiger charge is -2.17. The second-order valence-corrected chi connectivity index (χ2v) is 8.15. The highest BCUT2D eigenvalue weighted by atomic mass is 16.5. The van der Waals surface area contributed by atoms with E-state index < -0.39 is 0 Å². The van der Waals surface area contributed by atoms with Crippen LogP contribution in [0.1, 0.15) is 32.4 Å². The Balaban J connectivity index is 2.16. The number of nitrogens with zero attached hydrogens (tertiary/aromatic N) is 5. The molecule has 0 saturated heterocycles. The molecule has 0 spiro atoms. The summed E-state index contributed by atoms with van der Waals surface area (Å²) < 4.78 is 6.78. The molecule has 1 unspecified atom stereocenters. The van der Waals surface area contributed by atoms with Gasteiger partial charge in [-0.3, -0.25) is 14.8 Å². The number of allylic oxidation sites excluding steroid dienone is 7. The number of hydrogen-bond donors (Lipinski definition) is 2. The van der Waals surface area contributed by atoms with Crippen LogP contribution in [0.4, 0.5) is 0 Å². The lowest BCUT2D eigenvalue weighted by atomic mass is 10.1. The SMILES string of the molecule is CC\C=C/C=C(C=NCC(C=N)NCCOC)\C=C(/C)Cc1nn(C2=CN(C)N=CC2)ccc1=O. The van der Waals surface area contributed by atoms with Crippen LogP contribution in [0.25, 0.3) is 5.70 Å². The predicted octanol–water partition coefficient (Wildman–Crippen LogP) is 3.07. The summed E-state index contributed by atoms with van der Waals surface area (Å²) in [5.74, 6) is 0. The van der Waals surface area contributed by atoms with Crippen molar-refractivity contribution in [1.29, 1.82) is 5.41 Å². The second-order valence-electron chi connectivity index (χ2n) is 8.15. The average Bonchev–Trinajstić information content (AvgIpc) is 2.84. The molecule has 2 rings (SSSR count). The van der Waals surface area contributed by atoms with Crippen molar-refractivity contribution in [1.82, 2.24) is 20.1 Å². The molecule has 1 aromatic heterocycles. The normalized spacial score (nSPS) is 15.8. The fourth-order valence-electron chi connectivity index (χ4n) is 3.28. The van der Waals surface area contributed by atoms with Crippen LogP contribution < -0.4 is 10.7 Å². The Kier molecular flexibility index (Phi) is 12.3. The van der Waals surface area contributed by atoms with Crippen molar-refractivity contribution in [3.8, 4) is 0 Å². The molecule has 188 valence electrons. The molecule has 2 heterocycles. The smallest absolute Gasteiger partial charge is 0.203 e. The van der Waals surface area contributed by atoms with Crippen LogP contribution in [-0.4, -0.2) is 73.3 Å². The average molecular weight is 480 g/mol. The van der Waals surface area contributed by atoms with E-state index in [9.17, 15) is 4.79 Å². The first-order valence-corrected chi connectivity index (χ1v) is 11.8. The molecule has 0 aliphatic carbocycles. The standard InChI is InChI=1S/C26H37N7O2/c1-5-6-7-8-22(18-28-19-23(17-27)29-12-14-35-4)15-21(2)16-25-26(34)10-13-33(31-25)24-9-11-30-32(3)20-24/h6-8,10-11,13,15,17-18,20,23,27,29H,5,9,12,14,16,19H2,1-4H3/b7-6-,21-15+,22-8+,27-17?,28-18?. The minimum atomic E-state index is -0.149. The van der Waals surface area contributed by atoms with E-state index in [1.54, 1.807) is 35.3 Å². The number of rotatable bonds is 14. The fraction of sp³-hybridized carbons (Fsp3) is 0.423. The van der Waals surface area contributed by atoms with Crippen molar-refractivity contribution >= 4 is 24.3 Å². The number of hydrogen-bond acceptors (Lipinski definition) is 8. The third-order valence-electron chi connectivity index (χ3n) is 5.05. The van der Waals surface area contributed by atoms with Crippen molar-refractivity contribution in [3.05, 3.63) is 69.8 Å². The summed E-state index contributed by atoms with van der Waals surface area (Å²) in [6, 6.07) is 1.41. The first-order chi connectivity index (χ1) is 17.0. The molecule has 1 atom stereocenters. The summed E-state index contributed by atoms with van der Waals surface area (Å²) in [7, 11) is 3.50. The molecule has 35 heavy (non-hydrogen) atoms. The number of hydrazone groups is 1. The van der Waals surface area contributed by atoms with Crippen LogP contribution in [0, 0.1) is 5.41 Å². The van der Waals surface area contributed by atoms with Crippen LogP contribution in [0.5, 0.6) is 0 Å². The lowest BCUT2D eigenvalue weighted by Crippen LogP contribution is -2.35. The van der Waals surface area contributed by atoms with Gasteiger partial charge in [-0.2, -0.15) is 10.2 Å². The maximum Gasteiger partial charge on any atom is 0.203 e. The zero-order valence-corrected chi connectivity index (χ0v) is 21.1. The molecule has 1 aliphatic rings. The summed E-state index contributed by atoms with van der Waals surface area (Å²) in [5.41, 5.74) is 3.25. The number of aromatic nitrogens is 2. The van der Waals surface area contributed by atoms with Crippen LogP contribution in [-0.2, 0) is 11.2 Å². The maximum absolute atomic E-state index is 12.5. The van der Waals surface area contributed by atoms with E-state index in [2.05, 4.69) is 33.5 Å². The highest BCUT2D eigenvalue weighted by molar-refractivity contribution is 5.83. The lowest BCUT2D eigenvalue weighted by molar-refractivity contribution is 0.198. The number of methoxy groups -OCH3 is 1. The predicted molar refractivity (Wildman–Crippen MR) is 144 cm³/mol. The molecule has 9 nitrogen and oxygen atoms in total. The maximum atomic E-state index is 12.5. The quantitative estimate of drug-likeness (QED) is 0.242. The van der Waals surface area contributed by atoms with Gasteiger partial charge in [0.2, 0.25) is 5.43 Å². The highest BCUT2D eigenvalue weighted by Crippen LogP contribution is 2.13. The van der Waals surface area contributed by atoms with Crippen molar-refractivity contribution in [2.24, 2.45) is 10.1 Å². The Morgan fingerprint density at radius 3 is 2.97 bits per heavy atom. The summed E-state index contributed by atoms with van der Waals surface area (Å²) in [6.45, 7) is 5.76. The molecule has 0 aromatic carbocycles. The minimum absolute atomic E-state index is 0.0894. The number of ether oxygens (including phenoxy) is 1. The Bertz CT molecular complexity index is 1060. The van der Waals surface area contributed by atoms with Gasteiger partial charge in [-0.15, -0.1) is 0 Å². The van der Waals surface area contributed by atoms with Gasteiger partial charge in [0.05, 0.1) is 24.9 Å². The van der Waals surface area contributed by atoms with Crippen LogP contribution >= 0.6 is 0 Å². The molecule has 1 aromatic rings. The molecule has 9 heteroatoms. The van der Waals surface area contributed by atoms with Crippen LogP contribution in [0.15, 0.2) is 68.8 Å². The summed E-state index contributed by atoms with van der Waals surface area (Å²) in [4.78, 5) is 17.0. The monoisotopic (exact) mass is 479 g/mol. The van der Waals surface area contributed by atoms with Gasteiger partial charge in [0.15, 0.2) is 0 Å². The Morgan fingerprint density at radius 2 is 2.26 bits per heavy atom. The molecule has 1 aliphatic heterocycles. The Morgan fingerprint density at radius 1 is 1.43 bits per heavy atom. The third-order valence-corrected chi connectivity index (χ3v) is 5.05. The molecular weight excluding hydrogens is 442 g/mol. The highest BCUT2D eigenvalue weighted by Gasteiger charge is 2.09. The van der Waals surface area contributed by atoms with E-state index in [4.69, 9.17) is 10.1 Å². The first-order valence-electron chi connectivity index (χ1n) is 11.8. The molecule has 0 amide bonds. The van der Waals surface area contributed by atoms with E-state index in [1.807, 2.05) is 44.6 Å². The van der Waals surface area contributed by atoms with Gasteiger partial charge in [-0.25, -0.2) is 4.68 Å². The van der Waals surface area contributed by atoms with E-state index in [0.29, 0.717) is 38.2 Å². The van der Waals surface area contributed by atoms with Gasteiger partial charge in [0.25, 0.3) is 0 Å². The van der Waals surface area contributed by atoms with Crippen LogP contribution in [0.2, 0.25) is 0 Å². The molecule has 0 radical (unpaired) electrons. The summed E-state index contributed by atoms with van der Waals surface area (Å²) in [6.07, 6.45) is 18.7. The van der Waals surface area contributed by atoms with Crippen molar-refractivity contribution in [2.45, 2.75) is 39.2 Å². The fourth-order valence-corrected chi connectivity index (χ4v) is 3.28. The van der Waals surface area contributed by atoms with Gasteiger partial charge < -0.3 is 15.5 Å². The molecular formula is C26H37N7O2. The first kappa shape index (κ1) is 27.8. The Hall–Kier alpha value is -3.43. The van der Waals surface area contributed by atoms with Gasteiger partial charge in [-0.1, -0.05) is 36.8 Å². The van der Waals surface area contributed by atoms with E-state index >= 15 is 0 Å². The number of aliphatic imine (C=N–C) groups is 1. The van der Waals surface area contributed by atoms with E-state index in [-0.39, 0.29) is 11.5 Å². The van der Waals surface area contributed by atoms with Gasteiger partial charge in [0.1, 0.15) is 5.69 Å². The number of nitrogens with one attached hydrogen (secondary N) is 2. The van der Waals surface area contributed by atoms with E-state index in [0.717, 1.165) is 23.3 Å². The summed E-state index contributed by atoms with van der Waals surface area (Å²) in [5, 5.41) is 21.3. The minimum Gasteiger partial charge on any atom is -0.383 e. The van der Waals surface area contributed by atoms with Crippen molar-refractivity contribution in [3.63, 3.8) is 0 Å². The van der Waals surface area contributed by atoms with Crippen LogP contribution in [0.3, 0.4) is 0 Å². The Labute approximate surface area is 207 Å². The topological polar surface area (TPSA) is 108 Å². The molecule has 0 bridgehead atoms. The molecule has 0 fully saturated rings. The van der Waals surface area contributed by atoms with Gasteiger partial charge in [-0.05, 0) is 18.9 Å². The zero-order valence-electron chi connectivity index (χ0n) is 21.1. The second kappa shape index (κ2) is 15.5. The van der Waals surface area contributed by atoms with Crippen molar-refractivity contribution in [2.75, 3.05) is 33.9 Å². The third kappa shape index (κ3) is 10.2. The van der Waals surface area contributed by atoms with Gasteiger partial charge in [0, 0.05) is 70.7 Å². The summed E-state index contributed by atoms with van der Waals surface area (Å²) >= 11 is 0. The molecule has 0 saturated carbocycles. The van der Waals surface area contributed by atoms with Gasteiger partial charge >= 0.3 is 0 Å². The van der Waals surface area contributed by atoms with E-state index in [1.165, 1.54) is 6.21 Å².